The Labute approximate surface area is 138 Å². The van der Waals surface area contributed by atoms with Gasteiger partial charge in [-0.2, -0.15) is 0 Å². The number of hydrogen-bond donors (Lipinski definition) is 2. The molecule has 1 aliphatic rings. The normalized spacial score (nSPS) is 15.4. The van der Waals surface area contributed by atoms with E-state index in [9.17, 15) is 0 Å². The van der Waals surface area contributed by atoms with Gasteiger partial charge in [-0.05, 0) is 25.7 Å². The molecule has 1 heterocycles. The lowest BCUT2D eigenvalue weighted by molar-refractivity contribution is 0.378. The van der Waals surface area contributed by atoms with Gasteiger partial charge in [-0.1, -0.05) is 19.0 Å². The Hall–Kier alpha value is -0.790. The highest BCUT2D eigenvalue weighted by Crippen LogP contribution is 2.18. The standard InChI is InChI=1S/C14H24N4O.HI/c1-4-12-11(13(5-2)19-18-12)9-16-14(15-3)17-10-7-6-8-10;/h10H,4-9H2,1-3H3,(H2,15,16,17);1H. The van der Waals surface area contributed by atoms with E-state index < -0.39 is 0 Å². The second kappa shape index (κ2) is 8.49. The minimum absolute atomic E-state index is 0. The number of guanidine groups is 1. The molecule has 0 radical (unpaired) electrons. The molecule has 6 heteroatoms. The fraction of sp³-hybridized carbons (Fsp3) is 0.714. The van der Waals surface area contributed by atoms with E-state index in [0.717, 1.165) is 36.8 Å². The lowest BCUT2D eigenvalue weighted by atomic mass is 9.93. The SMILES string of the molecule is CCc1noc(CC)c1CNC(=NC)NC1CCC1.I. The smallest absolute Gasteiger partial charge is 0.191 e. The molecule has 1 fully saturated rings. The molecule has 0 saturated heterocycles. The Morgan fingerprint density at radius 3 is 2.60 bits per heavy atom. The van der Waals surface area contributed by atoms with Gasteiger partial charge >= 0.3 is 0 Å². The zero-order valence-electron chi connectivity index (χ0n) is 12.5. The van der Waals surface area contributed by atoms with Crippen LogP contribution in [0.2, 0.25) is 0 Å². The van der Waals surface area contributed by atoms with E-state index in [-0.39, 0.29) is 24.0 Å². The van der Waals surface area contributed by atoms with Crippen LogP contribution in [0.5, 0.6) is 0 Å². The largest absolute Gasteiger partial charge is 0.361 e. The number of nitrogens with one attached hydrogen (secondary N) is 2. The Kier molecular flexibility index (Phi) is 7.32. The summed E-state index contributed by atoms with van der Waals surface area (Å²) in [5.41, 5.74) is 2.23. The summed E-state index contributed by atoms with van der Waals surface area (Å²) in [4.78, 5) is 4.26. The molecule has 5 nitrogen and oxygen atoms in total. The van der Waals surface area contributed by atoms with Crippen LogP contribution in [-0.4, -0.2) is 24.2 Å². The summed E-state index contributed by atoms with van der Waals surface area (Å²) in [6.07, 6.45) is 5.58. The summed E-state index contributed by atoms with van der Waals surface area (Å²) in [6, 6.07) is 0.588. The predicted octanol–water partition coefficient (Wildman–Crippen LogP) is 2.63. The third-order valence-electron chi connectivity index (χ3n) is 3.71. The predicted molar refractivity (Wildman–Crippen MR) is 91.6 cm³/mol. The molecule has 20 heavy (non-hydrogen) atoms. The highest BCUT2D eigenvalue weighted by Gasteiger charge is 2.19. The quantitative estimate of drug-likeness (QED) is 0.460. The van der Waals surface area contributed by atoms with Crippen LogP contribution in [0.15, 0.2) is 9.52 Å². The van der Waals surface area contributed by atoms with Gasteiger partial charge in [0, 0.05) is 31.6 Å². The molecular formula is C14H25IN4O. The van der Waals surface area contributed by atoms with Crippen molar-refractivity contribution >= 4 is 29.9 Å². The van der Waals surface area contributed by atoms with Crippen molar-refractivity contribution in [2.75, 3.05) is 7.05 Å². The second-order valence-corrected chi connectivity index (χ2v) is 4.94. The molecule has 0 bridgehead atoms. The maximum absolute atomic E-state index is 5.36. The molecule has 2 rings (SSSR count). The highest BCUT2D eigenvalue weighted by atomic mass is 127. The maximum atomic E-state index is 5.36. The minimum Gasteiger partial charge on any atom is -0.361 e. The molecule has 0 unspecified atom stereocenters. The molecule has 0 spiro atoms. The van der Waals surface area contributed by atoms with Crippen LogP contribution in [0, 0.1) is 0 Å². The summed E-state index contributed by atoms with van der Waals surface area (Å²) in [7, 11) is 1.81. The van der Waals surface area contributed by atoms with Gasteiger partial charge in [0.1, 0.15) is 5.76 Å². The number of halogens is 1. The first-order valence-corrected chi connectivity index (χ1v) is 7.21. The van der Waals surface area contributed by atoms with E-state index in [1.165, 1.54) is 24.8 Å². The molecule has 1 saturated carbocycles. The van der Waals surface area contributed by atoms with Gasteiger partial charge in [0.15, 0.2) is 5.96 Å². The van der Waals surface area contributed by atoms with E-state index >= 15 is 0 Å². The summed E-state index contributed by atoms with van der Waals surface area (Å²) >= 11 is 0. The molecule has 2 N–H and O–H groups in total. The van der Waals surface area contributed by atoms with Crippen molar-refractivity contribution in [3.8, 4) is 0 Å². The van der Waals surface area contributed by atoms with Crippen molar-refractivity contribution in [1.82, 2.24) is 15.8 Å². The zero-order chi connectivity index (χ0) is 13.7. The maximum Gasteiger partial charge on any atom is 0.191 e. The van der Waals surface area contributed by atoms with Gasteiger partial charge in [0.2, 0.25) is 0 Å². The van der Waals surface area contributed by atoms with Crippen LogP contribution in [0.25, 0.3) is 0 Å². The van der Waals surface area contributed by atoms with E-state index in [2.05, 4.69) is 34.6 Å². The summed E-state index contributed by atoms with van der Waals surface area (Å²) in [5.74, 6) is 1.85. The van der Waals surface area contributed by atoms with Crippen molar-refractivity contribution in [3.05, 3.63) is 17.0 Å². The van der Waals surface area contributed by atoms with E-state index in [1.807, 2.05) is 7.05 Å². The van der Waals surface area contributed by atoms with Crippen molar-refractivity contribution in [2.45, 2.75) is 58.5 Å². The van der Waals surface area contributed by atoms with Crippen molar-refractivity contribution in [3.63, 3.8) is 0 Å². The van der Waals surface area contributed by atoms with Crippen molar-refractivity contribution in [2.24, 2.45) is 4.99 Å². The van der Waals surface area contributed by atoms with Gasteiger partial charge in [-0.25, -0.2) is 0 Å². The van der Waals surface area contributed by atoms with E-state index in [4.69, 9.17) is 4.52 Å². The molecule has 1 aliphatic carbocycles. The molecule has 0 amide bonds. The second-order valence-electron chi connectivity index (χ2n) is 4.94. The number of rotatable bonds is 5. The topological polar surface area (TPSA) is 62.5 Å². The van der Waals surface area contributed by atoms with E-state index in [1.54, 1.807) is 0 Å². The lowest BCUT2D eigenvalue weighted by Gasteiger charge is -2.28. The molecule has 1 aromatic rings. The Morgan fingerprint density at radius 1 is 1.35 bits per heavy atom. The lowest BCUT2D eigenvalue weighted by Crippen LogP contribution is -2.46. The zero-order valence-corrected chi connectivity index (χ0v) is 14.9. The molecule has 0 atom stereocenters. The minimum atomic E-state index is 0. The van der Waals surface area contributed by atoms with Crippen molar-refractivity contribution < 1.29 is 4.52 Å². The first kappa shape index (κ1) is 17.3. The van der Waals surface area contributed by atoms with E-state index in [0.29, 0.717) is 6.04 Å². The monoisotopic (exact) mass is 392 g/mol. The van der Waals surface area contributed by atoms with Gasteiger partial charge in [0.05, 0.1) is 5.69 Å². The highest BCUT2D eigenvalue weighted by molar-refractivity contribution is 14.0. The van der Waals surface area contributed by atoms with Gasteiger partial charge in [-0.15, -0.1) is 24.0 Å². The van der Waals surface area contributed by atoms with Crippen LogP contribution in [0.1, 0.15) is 50.1 Å². The van der Waals surface area contributed by atoms with Gasteiger partial charge < -0.3 is 15.2 Å². The van der Waals surface area contributed by atoms with Gasteiger partial charge in [-0.3, -0.25) is 4.99 Å². The number of nitrogens with zero attached hydrogens (tertiary/aromatic N) is 2. The number of hydrogen-bond acceptors (Lipinski definition) is 3. The van der Waals surface area contributed by atoms with Gasteiger partial charge in [0.25, 0.3) is 0 Å². The Bertz CT molecular complexity index is 419. The van der Waals surface area contributed by atoms with Crippen LogP contribution in [-0.2, 0) is 19.4 Å². The third kappa shape index (κ3) is 4.10. The summed E-state index contributed by atoms with van der Waals surface area (Å²) in [5, 5.41) is 10.9. The summed E-state index contributed by atoms with van der Waals surface area (Å²) < 4.78 is 5.36. The molecule has 114 valence electrons. The van der Waals surface area contributed by atoms with Crippen molar-refractivity contribution in [1.29, 1.82) is 0 Å². The number of aliphatic imine (C=N–C) groups is 1. The molecule has 1 aromatic heterocycles. The molecule has 0 aliphatic heterocycles. The fourth-order valence-corrected chi connectivity index (χ4v) is 2.25. The first-order chi connectivity index (χ1) is 9.28. The molecular weight excluding hydrogens is 367 g/mol. The Morgan fingerprint density at radius 2 is 2.10 bits per heavy atom. The van der Waals surface area contributed by atoms with Crippen LogP contribution in [0.4, 0.5) is 0 Å². The number of aromatic nitrogens is 1. The Balaban J connectivity index is 0.00000200. The summed E-state index contributed by atoms with van der Waals surface area (Å²) in [6.45, 7) is 4.91. The fourth-order valence-electron chi connectivity index (χ4n) is 2.25. The average Bonchev–Trinajstić information content (AvgIpc) is 2.79. The van der Waals surface area contributed by atoms with Crippen LogP contribution in [0.3, 0.4) is 0 Å². The third-order valence-corrected chi connectivity index (χ3v) is 3.71. The molecule has 0 aromatic carbocycles. The van der Waals surface area contributed by atoms with Crippen LogP contribution >= 0.6 is 24.0 Å². The average molecular weight is 392 g/mol. The first-order valence-electron chi connectivity index (χ1n) is 7.21. The van der Waals surface area contributed by atoms with Crippen LogP contribution < -0.4 is 10.6 Å². The number of aryl methyl sites for hydroxylation is 2.